The van der Waals surface area contributed by atoms with Gasteiger partial charge in [0, 0.05) is 53.9 Å². The van der Waals surface area contributed by atoms with Gasteiger partial charge >= 0.3 is 0 Å². The molecular weight excluding hydrogens is 857 g/mol. The van der Waals surface area contributed by atoms with Crippen molar-refractivity contribution in [1.82, 2.24) is 5.32 Å². The fourth-order valence-electron chi connectivity index (χ4n) is 11.7. The molecule has 14 heteroatoms. The highest BCUT2D eigenvalue weighted by molar-refractivity contribution is 7.99. The summed E-state index contributed by atoms with van der Waals surface area (Å²) in [6.07, 6.45) is 1.64. The molecule has 1 amide bonds. The first-order valence-electron chi connectivity index (χ1n) is 22.7. The molecule has 1 saturated heterocycles. The molecule has 1 aliphatic heterocycles. The Morgan fingerprint density at radius 2 is 1.66 bits per heavy atom. The Hall–Kier alpha value is -4.21. The van der Waals surface area contributed by atoms with E-state index in [4.69, 9.17) is 9.47 Å². The van der Waals surface area contributed by atoms with Crippen LogP contribution >= 0.6 is 11.8 Å². The molecule has 65 heavy (non-hydrogen) atoms. The monoisotopic (exact) mass is 917 g/mol. The van der Waals surface area contributed by atoms with E-state index < -0.39 is 88.7 Å². The molecule has 0 spiro atoms. The number of hydrogen-bond acceptors (Lipinski definition) is 11. The number of fused-ring (bicyclic) bond motifs is 7. The van der Waals surface area contributed by atoms with Gasteiger partial charge in [-0.15, -0.1) is 0 Å². The lowest BCUT2D eigenvalue weighted by Gasteiger charge is -2.63. The summed E-state index contributed by atoms with van der Waals surface area (Å²) >= 11 is 1.47. The van der Waals surface area contributed by atoms with Crippen LogP contribution in [0.25, 0.3) is 0 Å². The van der Waals surface area contributed by atoms with Crippen LogP contribution in [-0.2, 0) is 51.1 Å². The van der Waals surface area contributed by atoms with Gasteiger partial charge in [0.15, 0.2) is 34.9 Å². The van der Waals surface area contributed by atoms with E-state index in [9.17, 15) is 39.0 Å². The van der Waals surface area contributed by atoms with E-state index in [1.807, 2.05) is 61.7 Å². The van der Waals surface area contributed by atoms with Crippen molar-refractivity contribution in [3.8, 4) is 0 Å². The molecule has 13 atom stereocenters. The highest BCUT2D eigenvalue weighted by Crippen LogP contribution is 2.72. The summed E-state index contributed by atoms with van der Waals surface area (Å²) in [4.78, 5) is 76.8. The Morgan fingerprint density at radius 1 is 0.954 bits per heavy atom. The van der Waals surface area contributed by atoms with E-state index in [1.54, 1.807) is 20.8 Å². The van der Waals surface area contributed by atoms with Crippen molar-refractivity contribution < 1.29 is 57.2 Å². The summed E-state index contributed by atoms with van der Waals surface area (Å²) in [5.41, 5.74) is -3.65. The Labute approximate surface area is 383 Å². The van der Waals surface area contributed by atoms with Gasteiger partial charge in [-0.05, 0) is 99.5 Å². The van der Waals surface area contributed by atoms with E-state index in [-0.39, 0.29) is 72.6 Å². The van der Waals surface area contributed by atoms with Crippen molar-refractivity contribution in [3.05, 3.63) is 94.6 Å². The van der Waals surface area contributed by atoms with E-state index >= 15 is 8.78 Å². The lowest BCUT2D eigenvalue weighted by atomic mass is 9.44. The fraction of sp³-hybridized carbons (Fsp3) is 0.569. The Balaban J connectivity index is 0.965. The van der Waals surface area contributed by atoms with Crippen molar-refractivity contribution in [2.75, 3.05) is 12.9 Å². The number of amides is 1. The van der Waals surface area contributed by atoms with Crippen LogP contribution in [-0.4, -0.2) is 98.8 Å². The first-order chi connectivity index (χ1) is 30.7. The van der Waals surface area contributed by atoms with Gasteiger partial charge in [-0.3, -0.25) is 28.8 Å². The average molecular weight is 918 g/mol. The molecule has 3 saturated carbocycles. The molecular formula is C51H61F2NO10S. The minimum Gasteiger partial charge on any atom is -0.390 e. The molecule has 4 aliphatic carbocycles. The van der Waals surface area contributed by atoms with Crippen LogP contribution in [0.15, 0.2) is 72.3 Å². The normalized spacial score (nSPS) is 33.7. The standard InChI is InChI=1S/C51H61F2NO10S/c1-28(19-35(56)11-8-12-41(58)30(3)65-6)46(62)54-29(2)42(59)22-33-10-7-9-32(21-33)20-31-13-15-34(16-14-31)47-63-45-25-37-38-24-40(52)39-23-36(57)17-18-48(39,4)50(38,53)43(60)26-49(37,5)51(45,64-47)44(61)27-55/h7,9-10,13-18,21,23,28-30,37-38,40,43,45,47,55,60H,8,11-12,19-20,22,24-27H2,1-6H3,(H,54,62)/t28-,29+,30?,37+,38+,40+,43+,45-,47-,48+,49+,50+,51-/m1/s1. The smallest absolute Gasteiger partial charge is 0.223 e. The number of ketones is 5. The summed E-state index contributed by atoms with van der Waals surface area (Å²) in [6, 6.07) is 14.2. The lowest BCUT2D eigenvalue weighted by molar-refractivity contribution is -0.235. The number of carbonyl (C=O) groups is 6. The van der Waals surface area contributed by atoms with Gasteiger partial charge in [0.1, 0.15) is 24.3 Å². The minimum atomic E-state index is -2.34. The molecule has 0 bridgehead atoms. The molecule has 5 aliphatic rings. The van der Waals surface area contributed by atoms with Gasteiger partial charge in [-0.2, -0.15) is 11.8 Å². The first-order valence-corrected chi connectivity index (χ1v) is 24.0. The van der Waals surface area contributed by atoms with Crippen LogP contribution in [0.3, 0.4) is 0 Å². The summed E-state index contributed by atoms with van der Waals surface area (Å²) in [5, 5.41) is 24.8. The van der Waals surface area contributed by atoms with Crippen molar-refractivity contribution in [2.45, 2.75) is 140 Å². The van der Waals surface area contributed by atoms with Crippen molar-refractivity contribution in [2.24, 2.45) is 28.6 Å². The molecule has 3 N–H and O–H groups in total. The van der Waals surface area contributed by atoms with E-state index in [2.05, 4.69) is 5.32 Å². The maximum atomic E-state index is 17.7. The summed E-state index contributed by atoms with van der Waals surface area (Å²) in [7, 11) is 0. The number of aliphatic hydroxyl groups is 2. The number of thioether (sulfide) groups is 1. The fourth-order valence-corrected chi connectivity index (χ4v) is 12.1. The lowest BCUT2D eigenvalue weighted by Crippen LogP contribution is -2.70. The van der Waals surface area contributed by atoms with Crippen molar-refractivity contribution in [3.63, 3.8) is 0 Å². The molecule has 1 unspecified atom stereocenters. The minimum absolute atomic E-state index is 0.00856. The van der Waals surface area contributed by atoms with Gasteiger partial charge in [-0.25, -0.2) is 8.78 Å². The zero-order chi connectivity index (χ0) is 47.2. The van der Waals surface area contributed by atoms with Crippen LogP contribution in [0.2, 0.25) is 0 Å². The van der Waals surface area contributed by atoms with Crippen LogP contribution < -0.4 is 5.32 Å². The maximum Gasteiger partial charge on any atom is 0.223 e. The molecule has 7 rings (SSSR count). The SMILES string of the molecule is CSC(C)C(=O)CCCC(=O)C[C@@H](C)C(=O)N[C@@H](C)C(=O)Cc1cccc(Cc2ccc([C@@H]3O[C@@H]4C[C@H]5[C@@H]6C[C@H](F)C7=CC(=O)C=C[C@]7(C)[C@@]6(F)[C@@H](O)C[C@]5(C)[C@]4(C(=O)CO)O3)cc2)c1. The number of nitrogens with one attached hydrogen (secondary N) is 1. The largest absolute Gasteiger partial charge is 0.390 e. The number of aliphatic hydroxyl groups excluding tert-OH is 2. The van der Waals surface area contributed by atoms with Gasteiger partial charge in [0.2, 0.25) is 5.91 Å². The van der Waals surface area contributed by atoms with E-state index in [1.165, 1.54) is 30.8 Å². The number of hydrogen-bond donors (Lipinski definition) is 3. The van der Waals surface area contributed by atoms with Gasteiger partial charge in [0.25, 0.3) is 0 Å². The topological polar surface area (TPSA) is 173 Å². The van der Waals surface area contributed by atoms with Crippen LogP contribution in [0.4, 0.5) is 8.78 Å². The zero-order valence-corrected chi connectivity index (χ0v) is 38.8. The number of halogens is 2. The highest BCUT2D eigenvalue weighted by Gasteiger charge is 2.80. The number of allylic oxidation sites excluding steroid dienone is 4. The molecule has 350 valence electrons. The highest BCUT2D eigenvalue weighted by atomic mass is 32.2. The predicted molar refractivity (Wildman–Crippen MR) is 240 cm³/mol. The van der Waals surface area contributed by atoms with Gasteiger partial charge in [-0.1, -0.05) is 68.5 Å². The third-order valence-electron chi connectivity index (χ3n) is 15.5. The average Bonchev–Trinajstić information content (AvgIpc) is 3.77. The second kappa shape index (κ2) is 18.8. The quantitative estimate of drug-likeness (QED) is 0.147. The third-order valence-corrected chi connectivity index (χ3v) is 16.4. The molecule has 1 heterocycles. The molecule has 0 aromatic heterocycles. The Kier molecular flexibility index (Phi) is 14.1. The number of Topliss-reactive ketones (excluding diaryl/α,β-unsaturated/α-hetero) is 4. The maximum absolute atomic E-state index is 17.7. The zero-order valence-electron chi connectivity index (χ0n) is 37.9. The number of ether oxygens (including phenoxy) is 2. The molecule has 0 radical (unpaired) electrons. The summed E-state index contributed by atoms with van der Waals surface area (Å²) in [6.45, 7) is 7.51. The predicted octanol–water partition coefficient (Wildman–Crippen LogP) is 6.62. The number of rotatable bonds is 18. The van der Waals surface area contributed by atoms with Crippen LogP contribution in [0.1, 0.15) is 108 Å². The number of benzene rings is 2. The van der Waals surface area contributed by atoms with Gasteiger partial charge in [0.05, 0.1) is 23.5 Å². The number of carbonyl (C=O) groups excluding carboxylic acids is 6. The summed E-state index contributed by atoms with van der Waals surface area (Å²) < 4.78 is 46.8. The van der Waals surface area contributed by atoms with E-state index in [0.29, 0.717) is 24.8 Å². The molecule has 4 fully saturated rings. The Bertz CT molecular complexity index is 2280. The first kappa shape index (κ1) is 48.7. The van der Waals surface area contributed by atoms with Crippen LogP contribution in [0.5, 0.6) is 0 Å². The third kappa shape index (κ3) is 8.67. The molecule has 2 aromatic rings. The second-order valence-corrected chi connectivity index (χ2v) is 20.6. The second-order valence-electron chi connectivity index (χ2n) is 19.4. The van der Waals surface area contributed by atoms with Gasteiger partial charge < -0.3 is 25.0 Å². The Morgan fingerprint density at radius 3 is 2.35 bits per heavy atom. The van der Waals surface area contributed by atoms with E-state index in [0.717, 1.165) is 22.8 Å². The van der Waals surface area contributed by atoms with Crippen molar-refractivity contribution >= 4 is 46.6 Å². The van der Waals surface area contributed by atoms with Crippen LogP contribution in [0, 0.1) is 28.6 Å². The number of alkyl halides is 2. The van der Waals surface area contributed by atoms with Crippen molar-refractivity contribution in [1.29, 1.82) is 0 Å². The molecule has 11 nitrogen and oxygen atoms in total. The molecule has 2 aromatic carbocycles. The summed E-state index contributed by atoms with van der Waals surface area (Å²) in [5.74, 6) is -3.97.